The molecule has 4 rings (SSSR count). The number of esters is 2. The molecule has 0 aromatic heterocycles. The van der Waals surface area contributed by atoms with Gasteiger partial charge in [-0.25, -0.2) is 0 Å². The summed E-state index contributed by atoms with van der Waals surface area (Å²) < 4.78 is 27.5. The molecule has 7 atom stereocenters. The lowest BCUT2D eigenvalue weighted by atomic mass is 9.89. The van der Waals surface area contributed by atoms with Crippen molar-refractivity contribution in [3.8, 4) is 0 Å². The van der Waals surface area contributed by atoms with Gasteiger partial charge >= 0.3 is 11.9 Å². The molecule has 0 N–H and O–H groups in total. The number of rotatable bonds is 8. The number of hydrogen-bond donors (Lipinski definition) is 0. The molecule has 0 amide bonds. The predicted octanol–water partition coefficient (Wildman–Crippen LogP) is 1.86. The third-order valence-corrected chi connectivity index (χ3v) is 6.28. The first-order valence-electron chi connectivity index (χ1n) is 10.1. The number of ether oxygens (including phenoxy) is 5. The Bertz CT molecular complexity index is 579. The van der Waals surface area contributed by atoms with E-state index in [2.05, 4.69) is 0 Å². The molecule has 7 nitrogen and oxygen atoms in total. The molecule has 0 bridgehead atoms. The van der Waals surface area contributed by atoms with E-state index < -0.39 is 5.41 Å². The van der Waals surface area contributed by atoms with Crippen molar-refractivity contribution in [1.29, 1.82) is 0 Å². The van der Waals surface area contributed by atoms with Crippen molar-refractivity contribution in [2.45, 2.75) is 69.9 Å². The third kappa shape index (κ3) is 4.46. The van der Waals surface area contributed by atoms with Crippen LogP contribution in [0.15, 0.2) is 0 Å². The molecule has 2 heterocycles. The van der Waals surface area contributed by atoms with Gasteiger partial charge in [0, 0.05) is 7.11 Å². The summed E-state index contributed by atoms with van der Waals surface area (Å²) in [5.41, 5.74) is -0.564. The lowest BCUT2D eigenvalue weighted by Crippen LogP contribution is -2.38. The van der Waals surface area contributed by atoms with Crippen LogP contribution < -0.4 is 0 Å². The summed E-state index contributed by atoms with van der Waals surface area (Å²) in [6, 6.07) is 0. The Morgan fingerprint density at radius 2 is 1.70 bits per heavy atom. The Morgan fingerprint density at radius 3 is 2.44 bits per heavy atom. The van der Waals surface area contributed by atoms with Gasteiger partial charge in [0.15, 0.2) is 0 Å². The number of hydrogen-bond acceptors (Lipinski definition) is 7. The van der Waals surface area contributed by atoms with Crippen LogP contribution in [0.2, 0.25) is 0 Å². The second kappa shape index (κ2) is 7.68. The Labute approximate surface area is 160 Å². The molecule has 0 radical (unpaired) electrons. The maximum atomic E-state index is 12.4. The van der Waals surface area contributed by atoms with E-state index in [1.807, 2.05) is 6.92 Å². The van der Waals surface area contributed by atoms with Crippen LogP contribution in [-0.4, -0.2) is 63.3 Å². The van der Waals surface area contributed by atoms with Gasteiger partial charge in [0.2, 0.25) is 0 Å². The standard InChI is InChI=1S/C20H30O7/c1-20(9-23-2,10-24-18(21)12-6-7-14-16(8-12)26-14)11-25-19(22)13-4-3-5-15-17(13)27-15/h12-17H,3-11H2,1-2H3. The molecule has 2 saturated heterocycles. The van der Waals surface area contributed by atoms with E-state index in [-0.39, 0.29) is 55.3 Å². The number of carbonyl (C=O) groups excluding carboxylic acids is 2. The fraction of sp³-hybridized carbons (Fsp3) is 0.900. The summed E-state index contributed by atoms with van der Waals surface area (Å²) in [4.78, 5) is 24.9. The SMILES string of the molecule is COCC(C)(COC(=O)C1CCC2OC2C1)COC(=O)C1CCCC2OC21. The normalized spacial score (nSPS) is 38.7. The first kappa shape index (κ1) is 19.2. The van der Waals surface area contributed by atoms with E-state index in [9.17, 15) is 9.59 Å². The predicted molar refractivity (Wildman–Crippen MR) is 93.9 cm³/mol. The van der Waals surface area contributed by atoms with Crippen molar-refractivity contribution in [2.75, 3.05) is 26.9 Å². The fourth-order valence-electron chi connectivity index (χ4n) is 4.51. The first-order chi connectivity index (χ1) is 13.0. The lowest BCUT2D eigenvalue weighted by Gasteiger charge is -2.29. The Balaban J connectivity index is 1.25. The zero-order valence-corrected chi connectivity index (χ0v) is 16.2. The quantitative estimate of drug-likeness (QED) is 0.468. The van der Waals surface area contributed by atoms with Crippen molar-refractivity contribution >= 4 is 11.9 Å². The van der Waals surface area contributed by atoms with E-state index in [0.717, 1.165) is 38.5 Å². The maximum absolute atomic E-state index is 12.4. The van der Waals surface area contributed by atoms with Gasteiger partial charge in [-0.15, -0.1) is 0 Å². The smallest absolute Gasteiger partial charge is 0.311 e. The second-order valence-electron chi connectivity index (χ2n) is 8.86. The Hall–Kier alpha value is -1.18. The highest BCUT2D eigenvalue weighted by Gasteiger charge is 2.51. The van der Waals surface area contributed by atoms with Crippen molar-refractivity contribution in [3.63, 3.8) is 0 Å². The highest BCUT2D eigenvalue weighted by Crippen LogP contribution is 2.42. The molecule has 7 unspecified atom stereocenters. The minimum atomic E-state index is -0.564. The maximum Gasteiger partial charge on any atom is 0.311 e. The molecule has 2 saturated carbocycles. The second-order valence-corrected chi connectivity index (χ2v) is 8.86. The summed E-state index contributed by atoms with van der Waals surface area (Å²) in [5, 5.41) is 0. The largest absolute Gasteiger partial charge is 0.465 e. The van der Waals surface area contributed by atoms with Gasteiger partial charge in [-0.3, -0.25) is 9.59 Å². The first-order valence-corrected chi connectivity index (χ1v) is 10.1. The van der Waals surface area contributed by atoms with Gasteiger partial charge in [-0.2, -0.15) is 0 Å². The number of methoxy groups -OCH3 is 1. The highest BCUT2D eigenvalue weighted by atomic mass is 16.6. The molecule has 2 aliphatic carbocycles. The molecule has 0 aromatic carbocycles. The summed E-state index contributed by atoms with van der Waals surface area (Å²) in [5.74, 6) is -0.639. The molecular formula is C20H30O7. The lowest BCUT2D eigenvalue weighted by molar-refractivity contribution is -0.162. The number of fused-ring (bicyclic) bond motifs is 2. The minimum absolute atomic E-state index is 0.0394. The van der Waals surface area contributed by atoms with Gasteiger partial charge in [-0.1, -0.05) is 6.92 Å². The minimum Gasteiger partial charge on any atom is -0.465 e. The molecule has 152 valence electrons. The topological polar surface area (TPSA) is 86.9 Å². The number of epoxide rings is 2. The third-order valence-electron chi connectivity index (χ3n) is 6.28. The van der Waals surface area contributed by atoms with E-state index in [4.69, 9.17) is 23.7 Å². The molecule has 0 aromatic rings. The van der Waals surface area contributed by atoms with Crippen LogP contribution in [0.1, 0.15) is 45.4 Å². The van der Waals surface area contributed by atoms with E-state index >= 15 is 0 Å². The zero-order valence-electron chi connectivity index (χ0n) is 16.2. The van der Waals surface area contributed by atoms with Gasteiger partial charge in [-0.05, 0) is 38.5 Å². The molecule has 0 spiro atoms. The Morgan fingerprint density at radius 1 is 0.926 bits per heavy atom. The van der Waals surface area contributed by atoms with Crippen LogP contribution in [0.4, 0.5) is 0 Å². The molecule has 7 heteroatoms. The van der Waals surface area contributed by atoms with E-state index in [0.29, 0.717) is 12.7 Å². The van der Waals surface area contributed by atoms with Gasteiger partial charge in [0.05, 0.1) is 48.3 Å². The van der Waals surface area contributed by atoms with Crippen LogP contribution in [0.3, 0.4) is 0 Å². The monoisotopic (exact) mass is 382 g/mol. The van der Waals surface area contributed by atoms with Crippen molar-refractivity contribution in [1.82, 2.24) is 0 Å². The zero-order chi connectivity index (χ0) is 19.0. The van der Waals surface area contributed by atoms with Crippen LogP contribution in [0, 0.1) is 17.3 Å². The Kier molecular flexibility index (Phi) is 5.45. The average molecular weight is 382 g/mol. The summed E-state index contributed by atoms with van der Waals surface area (Å²) in [6.07, 6.45) is 6.26. The molecule has 4 fully saturated rings. The van der Waals surface area contributed by atoms with Crippen LogP contribution in [0.5, 0.6) is 0 Å². The fourth-order valence-corrected chi connectivity index (χ4v) is 4.51. The van der Waals surface area contributed by atoms with E-state index in [1.54, 1.807) is 7.11 Å². The molecule has 27 heavy (non-hydrogen) atoms. The van der Waals surface area contributed by atoms with Gasteiger partial charge < -0.3 is 23.7 Å². The highest BCUT2D eigenvalue weighted by molar-refractivity contribution is 5.74. The van der Waals surface area contributed by atoms with Crippen LogP contribution >= 0.6 is 0 Å². The molecular weight excluding hydrogens is 352 g/mol. The summed E-state index contributed by atoms with van der Waals surface area (Å²) in [7, 11) is 1.59. The van der Waals surface area contributed by atoms with Crippen molar-refractivity contribution < 1.29 is 33.3 Å². The number of carbonyl (C=O) groups is 2. The summed E-state index contributed by atoms with van der Waals surface area (Å²) in [6.45, 7) is 2.60. The van der Waals surface area contributed by atoms with Gasteiger partial charge in [0.1, 0.15) is 13.2 Å². The van der Waals surface area contributed by atoms with Crippen LogP contribution in [0.25, 0.3) is 0 Å². The summed E-state index contributed by atoms with van der Waals surface area (Å²) >= 11 is 0. The van der Waals surface area contributed by atoms with Crippen molar-refractivity contribution in [2.24, 2.45) is 17.3 Å². The van der Waals surface area contributed by atoms with Gasteiger partial charge in [0.25, 0.3) is 0 Å². The average Bonchev–Trinajstić information content (AvgIpc) is 3.57. The van der Waals surface area contributed by atoms with Crippen molar-refractivity contribution in [3.05, 3.63) is 0 Å². The molecule has 4 aliphatic rings. The van der Waals surface area contributed by atoms with Crippen LogP contribution in [-0.2, 0) is 33.3 Å². The van der Waals surface area contributed by atoms with E-state index in [1.165, 1.54) is 0 Å². The molecule has 2 aliphatic heterocycles.